The van der Waals surface area contributed by atoms with E-state index in [1.54, 1.807) is 6.20 Å². The Balaban J connectivity index is 1.84. The van der Waals surface area contributed by atoms with Crippen molar-refractivity contribution < 1.29 is 4.79 Å². The zero-order valence-electron chi connectivity index (χ0n) is 13.3. The monoisotopic (exact) mass is 298 g/mol. The van der Waals surface area contributed by atoms with Crippen molar-refractivity contribution in [1.29, 1.82) is 0 Å². The molecule has 5 heteroatoms. The van der Waals surface area contributed by atoms with Crippen molar-refractivity contribution in [3.8, 4) is 0 Å². The van der Waals surface area contributed by atoms with Gasteiger partial charge < -0.3 is 5.32 Å². The molecule has 0 unspecified atom stereocenters. The Labute approximate surface area is 130 Å². The zero-order valence-corrected chi connectivity index (χ0v) is 13.3. The largest absolute Gasteiger partial charge is 0.343 e. The number of nitrogens with zero attached hydrogens (tertiary/aromatic N) is 2. The van der Waals surface area contributed by atoms with Crippen LogP contribution in [0.2, 0.25) is 0 Å². The smallest absolute Gasteiger partial charge is 0.255 e. The second-order valence-electron chi connectivity index (χ2n) is 6.33. The number of amides is 1. The summed E-state index contributed by atoms with van der Waals surface area (Å²) in [4.78, 5) is 17.2. The highest BCUT2D eigenvalue weighted by molar-refractivity contribution is 5.97. The minimum Gasteiger partial charge on any atom is -0.343 e. The number of hydrogen-bond acceptors (Lipinski definition) is 3. The van der Waals surface area contributed by atoms with Gasteiger partial charge in [-0.3, -0.25) is 14.9 Å². The summed E-state index contributed by atoms with van der Waals surface area (Å²) in [7, 11) is 0. The molecule has 2 N–H and O–H groups in total. The second kappa shape index (κ2) is 5.91. The van der Waals surface area contributed by atoms with Gasteiger partial charge in [0, 0.05) is 17.8 Å². The van der Waals surface area contributed by atoms with Gasteiger partial charge in [-0.05, 0) is 37.8 Å². The molecule has 22 heavy (non-hydrogen) atoms. The summed E-state index contributed by atoms with van der Waals surface area (Å²) >= 11 is 0. The highest BCUT2D eigenvalue weighted by atomic mass is 16.1. The Kier molecular flexibility index (Phi) is 3.96. The quantitative estimate of drug-likeness (QED) is 0.891. The number of carbonyl (C=O) groups is 1. The molecule has 0 spiro atoms. The lowest BCUT2D eigenvalue weighted by Gasteiger charge is -2.22. The number of nitrogens with one attached hydrogen (secondary N) is 2. The normalized spacial score (nSPS) is 15.8. The van der Waals surface area contributed by atoms with Gasteiger partial charge in [-0.15, -0.1) is 0 Å². The van der Waals surface area contributed by atoms with Crippen molar-refractivity contribution >= 4 is 5.91 Å². The van der Waals surface area contributed by atoms with Gasteiger partial charge in [-0.25, -0.2) is 0 Å². The molecule has 5 nitrogen and oxygen atoms in total. The predicted octanol–water partition coefficient (Wildman–Crippen LogP) is 3.12. The van der Waals surface area contributed by atoms with Crippen molar-refractivity contribution in [2.45, 2.75) is 45.6 Å². The SMILES string of the molecule is Cc1[nH]nc(C2CC2)c1C(=O)N[C@H](c1ccccn1)C(C)C. The van der Waals surface area contributed by atoms with Gasteiger partial charge in [0.05, 0.1) is 23.0 Å². The molecule has 1 aliphatic carbocycles. The number of rotatable bonds is 5. The highest BCUT2D eigenvalue weighted by Crippen LogP contribution is 2.41. The molecule has 1 amide bonds. The standard InChI is InChI=1S/C17H22N4O/c1-10(2)15(13-6-4-5-9-18-13)19-17(22)14-11(3)20-21-16(14)12-7-8-12/h4-6,9-10,12,15H,7-8H2,1-3H3,(H,19,22)(H,20,21)/t15-/m0/s1. The van der Waals surface area contributed by atoms with E-state index >= 15 is 0 Å². The lowest BCUT2D eigenvalue weighted by molar-refractivity contribution is 0.0923. The number of aromatic nitrogens is 3. The van der Waals surface area contributed by atoms with Crippen LogP contribution in [-0.2, 0) is 0 Å². The Bertz CT molecular complexity index is 659. The van der Waals surface area contributed by atoms with Crippen LogP contribution in [0.25, 0.3) is 0 Å². The highest BCUT2D eigenvalue weighted by Gasteiger charge is 2.33. The molecule has 1 saturated carbocycles. The third-order valence-corrected chi connectivity index (χ3v) is 4.13. The molecule has 1 fully saturated rings. The fourth-order valence-corrected chi connectivity index (χ4v) is 2.74. The molecule has 3 rings (SSSR count). The molecule has 0 aliphatic heterocycles. The fourth-order valence-electron chi connectivity index (χ4n) is 2.74. The molecule has 2 heterocycles. The van der Waals surface area contributed by atoms with Crippen LogP contribution in [0, 0.1) is 12.8 Å². The van der Waals surface area contributed by atoms with Crippen LogP contribution in [0.5, 0.6) is 0 Å². The van der Waals surface area contributed by atoms with Crippen LogP contribution >= 0.6 is 0 Å². The van der Waals surface area contributed by atoms with Crippen molar-refractivity contribution in [2.24, 2.45) is 5.92 Å². The number of aromatic amines is 1. The average Bonchev–Trinajstić information content (AvgIpc) is 3.28. The molecular weight excluding hydrogens is 276 g/mol. The first-order chi connectivity index (χ1) is 10.6. The van der Waals surface area contributed by atoms with E-state index in [9.17, 15) is 4.79 Å². The first-order valence-corrected chi connectivity index (χ1v) is 7.84. The summed E-state index contributed by atoms with van der Waals surface area (Å²) in [6.07, 6.45) is 4.01. The first kappa shape index (κ1) is 14.8. The maximum atomic E-state index is 12.8. The minimum absolute atomic E-state index is 0.0579. The summed E-state index contributed by atoms with van der Waals surface area (Å²) in [6, 6.07) is 5.68. The Morgan fingerprint density at radius 2 is 2.14 bits per heavy atom. The summed E-state index contributed by atoms with van der Waals surface area (Å²) in [5.41, 5.74) is 3.35. The van der Waals surface area contributed by atoms with E-state index in [-0.39, 0.29) is 17.9 Å². The summed E-state index contributed by atoms with van der Waals surface area (Å²) in [6.45, 7) is 6.08. The lowest BCUT2D eigenvalue weighted by atomic mass is 9.99. The van der Waals surface area contributed by atoms with Gasteiger partial charge in [0.15, 0.2) is 0 Å². The summed E-state index contributed by atoms with van der Waals surface area (Å²) < 4.78 is 0. The second-order valence-corrected chi connectivity index (χ2v) is 6.33. The van der Waals surface area contributed by atoms with E-state index < -0.39 is 0 Å². The number of H-pyrrole nitrogens is 1. The van der Waals surface area contributed by atoms with E-state index in [0.29, 0.717) is 11.5 Å². The number of hydrogen-bond donors (Lipinski definition) is 2. The number of pyridine rings is 1. The molecule has 0 saturated heterocycles. The van der Waals surface area contributed by atoms with Gasteiger partial charge in [-0.1, -0.05) is 19.9 Å². The van der Waals surface area contributed by atoms with Gasteiger partial charge >= 0.3 is 0 Å². The molecule has 1 aliphatic rings. The Hall–Kier alpha value is -2.17. The molecule has 0 radical (unpaired) electrons. The molecule has 2 aromatic rings. The fraction of sp³-hybridized carbons (Fsp3) is 0.471. The average molecular weight is 298 g/mol. The summed E-state index contributed by atoms with van der Waals surface area (Å²) in [5.74, 6) is 0.644. The molecule has 0 bridgehead atoms. The van der Waals surface area contributed by atoms with Gasteiger partial charge in [0.25, 0.3) is 5.91 Å². The maximum absolute atomic E-state index is 12.8. The Morgan fingerprint density at radius 1 is 1.36 bits per heavy atom. The van der Waals surface area contributed by atoms with Gasteiger partial charge in [0.2, 0.25) is 0 Å². The van der Waals surface area contributed by atoms with E-state index in [2.05, 4.69) is 34.3 Å². The Morgan fingerprint density at radius 3 is 2.73 bits per heavy atom. The minimum atomic E-state index is -0.102. The van der Waals surface area contributed by atoms with Gasteiger partial charge in [0.1, 0.15) is 0 Å². The molecule has 2 aromatic heterocycles. The van der Waals surface area contributed by atoms with E-state index in [0.717, 1.165) is 29.9 Å². The van der Waals surface area contributed by atoms with Crippen LogP contribution < -0.4 is 5.32 Å². The lowest BCUT2D eigenvalue weighted by Crippen LogP contribution is -2.33. The van der Waals surface area contributed by atoms with Crippen molar-refractivity contribution in [1.82, 2.24) is 20.5 Å². The van der Waals surface area contributed by atoms with Gasteiger partial charge in [-0.2, -0.15) is 5.10 Å². The van der Waals surface area contributed by atoms with E-state index in [1.165, 1.54) is 0 Å². The third kappa shape index (κ3) is 2.89. The first-order valence-electron chi connectivity index (χ1n) is 7.84. The molecule has 0 aromatic carbocycles. The van der Waals surface area contributed by atoms with E-state index in [4.69, 9.17) is 0 Å². The third-order valence-electron chi connectivity index (χ3n) is 4.13. The van der Waals surface area contributed by atoms with Crippen LogP contribution in [0.15, 0.2) is 24.4 Å². The molecular formula is C17H22N4O. The summed E-state index contributed by atoms with van der Waals surface area (Å²) in [5, 5.41) is 10.4. The van der Waals surface area contributed by atoms with Crippen LogP contribution in [0.3, 0.4) is 0 Å². The van der Waals surface area contributed by atoms with Crippen LogP contribution in [0.4, 0.5) is 0 Å². The van der Waals surface area contributed by atoms with E-state index in [1.807, 2.05) is 25.1 Å². The van der Waals surface area contributed by atoms with Crippen molar-refractivity contribution in [3.63, 3.8) is 0 Å². The number of aryl methyl sites for hydroxylation is 1. The topological polar surface area (TPSA) is 70.7 Å². The number of carbonyl (C=O) groups excluding carboxylic acids is 1. The van der Waals surface area contributed by atoms with Crippen molar-refractivity contribution in [2.75, 3.05) is 0 Å². The molecule has 1 atom stereocenters. The van der Waals surface area contributed by atoms with Crippen LogP contribution in [0.1, 0.15) is 66.1 Å². The zero-order chi connectivity index (χ0) is 15.7. The maximum Gasteiger partial charge on any atom is 0.255 e. The predicted molar refractivity (Wildman–Crippen MR) is 84.6 cm³/mol. The van der Waals surface area contributed by atoms with Crippen LogP contribution in [-0.4, -0.2) is 21.1 Å². The molecule has 116 valence electrons. The van der Waals surface area contributed by atoms with Crippen molar-refractivity contribution in [3.05, 3.63) is 47.0 Å².